The molecule has 1 heterocycles. The summed E-state index contributed by atoms with van der Waals surface area (Å²) >= 11 is 0. The van der Waals surface area contributed by atoms with Crippen LogP contribution in [-0.2, 0) is 9.53 Å². The van der Waals surface area contributed by atoms with Crippen LogP contribution >= 0.6 is 0 Å². The Labute approximate surface area is 192 Å². The minimum Gasteiger partial charge on any atom is -0.496 e. The molecular weight excluding hydrogens is 416 g/mol. The fourth-order valence-electron chi connectivity index (χ4n) is 3.31. The zero-order valence-electron chi connectivity index (χ0n) is 18.7. The van der Waals surface area contributed by atoms with Gasteiger partial charge in [0.2, 0.25) is 5.89 Å². The van der Waals surface area contributed by atoms with Gasteiger partial charge in [-0.3, -0.25) is 0 Å². The van der Waals surface area contributed by atoms with Crippen LogP contribution in [0.2, 0.25) is 0 Å². The van der Waals surface area contributed by atoms with E-state index in [0.717, 1.165) is 22.3 Å². The third kappa shape index (κ3) is 5.18. The van der Waals surface area contributed by atoms with E-state index in [-0.39, 0.29) is 5.89 Å². The van der Waals surface area contributed by atoms with E-state index in [4.69, 9.17) is 13.9 Å². The Morgan fingerprint density at radius 3 is 2.36 bits per heavy atom. The Kier molecular flexibility index (Phi) is 6.64. The zero-order chi connectivity index (χ0) is 23.2. The standard InChI is InChI=1S/C27H24N2O4/c1-18-13-15-21(16-14-18)26-29-28-25(33-26)19(2)32-27(30)23(20-9-5-4-6-10-20)17-22-11-7-8-12-24(22)31-3/h4-17,19H,1-3H3/b23-17+. The van der Waals surface area contributed by atoms with Gasteiger partial charge in [-0.2, -0.15) is 0 Å². The van der Waals surface area contributed by atoms with Crippen molar-refractivity contribution in [3.05, 3.63) is 101 Å². The molecule has 0 bridgehead atoms. The molecule has 0 aliphatic heterocycles. The van der Waals surface area contributed by atoms with E-state index in [2.05, 4.69) is 10.2 Å². The molecule has 0 spiro atoms. The van der Waals surface area contributed by atoms with Crippen molar-refractivity contribution >= 4 is 17.6 Å². The SMILES string of the molecule is COc1ccccc1/C=C(/C(=O)OC(C)c1nnc(-c2ccc(C)cc2)o1)c1ccccc1. The van der Waals surface area contributed by atoms with E-state index in [0.29, 0.717) is 17.2 Å². The molecule has 0 saturated heterocycles. The van der Waals surface area contributed by atoms with Gasteiger partial charge in [-0.25, -0.2) is 4.79 Å². The number of para-hydroxylation sites is 1. The fraction of sp³-hybridized carbons (Fsp3) is 0.148. The number of esters is 1. The summed E-state index contributed by atoms with van der Waals surface area (Å²) in [4.78, 5) is 13.2. The zero-order valence-corrected chi connectivity index (χ0v) is 18.7. The predicted molar refractivity (Wildman–Crippen MR) is 126 cm³/mol. The lowest BCUT2D eigenvalue weighted by Crippen LogP contribution is -2.11. The molecule has 0 saturated carbocycles. The number of aromatic nitrogens is 2. The van der Waals surface area contributed by atoms with Crippen LogP contribution in [-0.4, -0.2) is 23.3 Å². The number of benzene rings is 3. The average molecular weight is 440 g/mol. The van der Waals surface area contributed by atoms with Crippen LogP contribution in [0, 0.1) is 6.92 Å². The number of carbonyl (C=O) groups is 1. The summed E-state index contributed by atoms with van der Waals surface area (Å²) < 4.78 is 16.9. The van der Waals surface area contributed by atoms with Gasteiger partial charge in [-0.15, -0.1) is 10.2 Å². The molecule has 33 heavy (non-hydrogen) atoms. The van der Waals surface area contributed by atoms with Crippen molar-refractivity contribution in [2.75, 3.05) is 7.11 Å². The molecule has 1 aromatic heterocycles. The number of nitrogens with zero attached hydrogens (tertiary/aromatic N) is 2. The summed E-state index contributed by atoms with van der Waals surface area (Å²) in [5.74, 6) is 0.755. The number of methoxy groups -OCH3 is 1. The second kappa shape index (κ2) is 9.96. The highest BCUT2D eigenvalue weighted by molar-refractivity contribution is 6.21. The molecule has 0 aliphatic rings. The van der Waals surface area contributed by atoms with E-state index in [1.54, 1.807) is 20.1 Å². The van der Waals surface area contributed by atoms with Crippen LogP contribution in [0.3, 0.4) is 0 Å². The number of rotatable bonds is 7. The Balaban J connectivity index is 1.60. The van der Waals surface area contributed by atoms with Gasteiger partial charge < -0.3 is 13.9 Å². The topological polar surface area (TPSA) is 74.5 Å². The van der Waals surface area contributed by atoms with Crippen LogP contribution in [0.4, 0.5) is 0 Å². The van der Waals surface area contributed by atoms with Crippen molar-refractivity contribution in [1.29, 1.82) is 0 Å². The van der Waals surface area contributed by atoms with Crippen LogP contribution < -0.4 is 4.74 Å². The van der Waals surface area contributed by atoms with E-state index in [9.17, 15) is 4.79 Å². The lowest BCUT2D eigenvalue weighted by molar-refractivity contribution is -0.142. The molecule has 4 rings (SSSR count). The maximum atomic E-state index is 13.2. The molecule has 0 fully saturated rings. The first kappa shape index (κ1) is 22.0. The maximum Gasteiger partial charge on any atom is 0.339 e. The number of ether oxygens (including phenoxy) is 2. The normalized spacial score (nSPS) is 12.3. The van der Waals surface area contributed by atoms with Crippen molar-refractivity contribution in [3.63, 3.8) is 0 Å². The van der Waals surface area contributed by atoms with Gasteiger partial charge in [-0.1, -0.05) is 66.2 Å². The van der Waals surface area contributed by atoms with Crippen molar-refractivity contribution in [2.24, 2.45) is 0 Å². The minimum atomic E-state index is -0.728. The number of hydrogen-bond donors (Lipinski definition) is 0. The fourth-order valence-corrected chi connectivity index (χ4v) is 3.31. The Hall–Kier alpha value is -4.19. The summed E-state index contributed by atoms with van der Waals surface area (Å²) in [5, 5.41) is 8.18. The second-order valence-electron chi connectivity index (χ2n) is 7.53. The van der Waals surface area contributed by atoms with Crippen molar-refractivity contribution in [1.82, 2.24) is 10.2 Å². The minimum absolute atomic E-state index is 0.226. The quantitative estimate of drug-likeness (QED) is 0.202. The van der Waals surface area contributed by atoms with E-state index >= 15 is 0 Å². The predicted octanol–water partition coefficient (Wildman–Crippen LogP) is 5.90. The Morgan fingerprint density at radius 1 is 0.939 bits per heavy atom. The van der Waals surface area contributed by atoms with Crippen molar-refractivity contribution in [3.8, 4) is 17.2 Å². The number of aryl methyl sites for hydroxylation is 1. The van der Waals surface area contributed by atoms with Gasteiger partial charge in [0.15, 0.2) is 6.10 Å². The first-order valence-electron chi connectivity index (χ1n) is 10.6. The molecule has 0 amide bonds. The third-order valence-corrected chi connectivity index (χ3v) is 5.11. The molecule has 166 valence electrons. The summed E-state index contributed by atoms with van der Waals surface area (Å²) in [7, 11) is 1.59. The van der Waals surface area contributed by atoms with E-state index in [1.807, 2.05) is 85.8 Å². The average Bonchev–Trinajstić information content (AvgIpc) is 3.34. The van der Waals surface area contributed by atoms with Gasteiger partial charge in [0, 0.05) is 11.1 Å². The lowest BCUT2D eigenvalue weighted by atomic mass is 10.0. The van der Waals surface area contributed by atoms with Gasteiger partial charge >= 0.3 is 5.97 Å². The van der Waals surface area contributed by atoms with Crippen LogP contribution in [0.25, 0.3) is 23.1 Å². The van der Waals surface area contributed by atoms with Crippen molar-refractivity contribution < 1.29 is 18.7 Å². The van der Waals surface area contributed by atoms with Gasteiger partial charge in [0.25, 0.3) is 5.89 Å². The third-order valence-electron chi connectivity index (χ3n) is 5.11. The molecule has 6 heteroatoms. The monoisotopic (exact) mass is 440 g/mol. The number of hydrogen-bond acceptors (Lipinski definition) is 6. The highest BCUT2D eigenvalue weighted by Crippen LogP contribution is 2.28. The molecule has 0 aliphatic carbocycles. The van der Waals surface area contributed by atoms with Gasteiger partial charge in [0.05, 0.1) is 12.7 Å². The van der Waals surface area contributed by atoms with E-state index in [1.165, 1.54) is 0 Å². The first-order chi connectivity index (χ1) is 16.0. The Morgan fingerprint density at radius 2 is 1.64 bits per heavy atom. The van der Waals surface area contributed by atoms with E-state index < -0.39 is 12.1 Å². The summed E-state index contributed by atoms with van der Waals surface area (Å²) in [5.41, 5.74) is 3.83. The Bertz CT molecular complexity index is 1260. The summed E-state index contributed by atoms with van der Waals surface area (Å²) in [6, 6.07) is 24.6. The largest absolute Gasteiger partial charge is 0.496 e. The smallest absolute Gasteiger partial charge is 0.339 e. The molecule has 1 atom stereocenters. The molecule has 1 unspecified atom stereocenters. The summed E-state index contributed by atoms with van der Waals surface area (Å²) in [6.45, 7) is 3.71. The number of carbonyl (C=O) groups excluding carboxylic acids is 1. The highest BCUT2D eigenvalue weighted by atomic mass is 16.6. The maximum absolute atomic E-state index is 13.2. The molecule has 0 N–H and O–H groups in total. The molecule has 4 aromatic rings. The molecular formula is C27H24N2O4. The molecule has 6 nitrogen and oxygen atoms in total. The highest BCUT2D eigenvalue weighted by Gasteiger charge is 2.22. The van der Waals surface area contributed by atoms with Crippen LogP contribution in [0.5, 0.6) is 5.75 Å². The summed E-state index contributed by atoms with van der Waals surface area (Å²) in [6.07, 6.45) is 1.03. The second-order valence-corrected chi connectivity index (χ2v) is 7.53. The van der Waals surface area contributed by atoms with Crippen LogP contribution in [0.1, 0.15) is 35.6 Å². The van der Waals surface area contributed by atoms with Crippen LogP contribution in [0.15, 0.2) is 83.3 Å². The lowest BCUT2D eigenvalue weighted by Gasteiger charge is -2.13. The molecule has 0 radical (unpaired) electrons. The van der Waals surface area contributed by atoms with Gasteiger partial charge in [-0.05, 0) is 43.7 Å². The van der Waals surface area contributed by atoms with Crippen molar-refractivity contribution in [2.45, 2.75) is 20.0 Å². The van der Waals surface area contributed by atoms with Gasteiger partial charge in [0.1, 0.15) is 5.75 Å². The molecule has 3 aromatic carbocycles. The first-order valence-corrected chi connectivity index (χ1v) is 10.6.